The summed E-state index contributed by atoms with van der Waals surface area (Å²) in [7, 11) is 0. The lowest BCUT2D eigenvalue weighted by Crippen LogP contribution is -2.16. The summed E-state index contributed by atoms with van der Waals surface area (Å²) in [4.78, 5) is 0. The first-order valence-electron chi connectivity index (χ1n) is 6.31. The zero-order chi connectivity index (χ0) is 13.8. The van der Waals surface area contributed by atoms with Gasteiger partial charge in [0.1, 0.15) is 5.82 Å². The molecular formula is C16H17ClFN. The van der Waals surface area contributed by atoms with Crippen molar-refractivity contribution in [3.63, 3.8) is 0 Å². The van der Waals surface area contributed by atoms with Crippen LogP contribution in [0.1, 0.15) is 22.6 Å². The molecule has 2 aromatic carbocycles. The molecule has 0 aliphatic rings. The number of aryl methyl sites for hydroxylation is 1. The maximum absolute atomic E-state index is 13.3. The molecule has 0 spiro atoms. The molecule has 0 amide bonds. The van der Waals surface area contributed by atoms with E-state index in [1.54, 1.807) is 12.1 Å². The molecule has 2 rings (SSSR count). The molecule has 0 saturated carbocycles. The van der Waals surface area contributed by atoms with Gasteiger partial charge in [-0.3, -0.25) is 0 Å². The van der Waals surface area contributed by atoms with Crippen molar-refractivity contribution in [1.82, 2.24) is 0 Å². The summed E-state index contributed by atoms with van der Waals surface area (Å²) >= 11 is 6.21. The van der Waals surface area contributed by atoms with Crippen molar-refractivity contribution in [3.8, 4) is 0 Å². The molecule has 0 aromatic heterocycles. The van der Waals surface area contributed by atoms with Crippen LogP contribution in [-0.4, -0.2) is 6.54 Å². The van der Waals surface area contributed by atoms with Crippen molar-refractivity contribution in [3.05, 3.63) is 70.0 Å². The SMILES string of the molecule is Cc1ccc(F)cc1CC(CN)c1ccccc1Cl. The molecule has 0 radical (unpaired) electrons. The van der Waals surface area contributed by atoms with Crippen LogP contribution in [0, 0.1) is 12.7 Å². The molecule has 19 heavy (non-hydrogen) atoms. The molecule has 0 fully saturated rings. The van der Waals surface area contributed by atoms with Crippen LogP contribution >= 0.6 is 11.6 Å². The Morgan fingerprint density at radius 3 is 2.63 bits per heavy atom. The Balaban J connectivity index is 2.29. The van der Waals surface area contributed by atoms with Crippen LogP contribution in [0.4, 0.5) is 4.39 Å². The Labute approximate surface area is 118 Å². The van der Waals surface area contributed by atoms with E-state index in [-0.39, 0.29) is 11.7 Å². The van der Waals surface area contributed by atoms with Gasteiger partial charge in [0.25, 0.3) is 0 Å². The fourth-order valence-corrected chi connectivity index (χ4v) is 2.54. The zero-order valence-corrected chi connectivity index (χ0v) is 11.6. The Kier molecular flexibility index (Phi) is 4.56. The third-order valence-electron chi connectivity index (χ3n) is 3.41. The van der Waals surface area contributed by atoms with Crippen LogP contribution < -0.4 is 5.73 Å². The van der Waals surface area contributed by atoms with E-state index in [1.807, 2.05) is 31.2 Å². The second-order valence-corrected chi connectivity index (χ2v) is 5.14. The Morgan fingerprint density at radius 2 is 1.95 bits per heavy atom. The maximum Gasteiger partial charge on any atom is 0.123 e. The van der Waals surface area contributed by atoms with Gasteiger partial charge in [-0.05, 0) is 54.8 Å². The first kappa shape index (κ1) is 14.0. The number of benzene rings is 2. The van der Waals surface area contributed by atoms with Gasteiger partial charge in [0.05, 0.1) is 0 Å². The number of nitrogens with two attached hydrogens (primary N) is 1. The number of halogens is 2. The van der Waals surface area contributed by atoms with Crippen molar-refractivity contribution in [2.24, 2.45) is 5.73 Å². The molecule has 0 aliphatic heterocycles. The topological polar surface area (TPSA) is 26.0 Å². The summed E-state index contributed by atoms with van der Waals surface area (Å²) in [6.45, 7) is 2.47. The second kappa shape index (κ2) is 6.18. The van der Waals surface area contributed by atoms with E-state index in [0.29, 0.717) is 18.0 Å². The molecule has 1 atom stereocenters. The summed E-state index contributed by atoms with van der Waals surface area (Å²) in [6, 6.07) is 12.5. The highest BCUT2D eigenvalue weighted by atomic mass is 35.5. The maximum atomic E-state index is 13.3. The third kappa shape index (κ3) is 3.34. The summed E-state index contributed by atoms with van der Waals surface area (Å²) in [5.41, 5.74) is 8.94. The average Bonchev–Trinajstić information content (AvgIpc) is 2.41. The van der Waals surface area contributed by atoms with Crippen molar-refractivity contribution in [1.29, 1.82) is 0 Å². The molecule has 0 heterocycles. The number of hydrogen-bond donors (Lipinski definition) is 1. The monoisotopic (exact) mass is 277 g/mol. The Bertz CT molecular complexity index is 568. The van der Waals surface area contributed by atoms with Gasteiger partial charge in [0.2, 0.25) is 0 Å². The molecule has 3 heteroatoms. The smallest absolute Gasteiger partial charge is 0.123 e. The van der Waals surface area contributed by atoms with E-state index >= 15 is 0 Å². The van der Waals surface area contributed by atoms with Gasteiger partial charge in [-0.25, -0.2) is 4.39 Å². The van der Waals surface area contributed by atoms with E-state index in [2.05, 4.69) is 0 Å². The first-order valence-corrected chi connectivity index (χ1v) is 6.69. The van der Waals surface area contributed by atoms with Crippen molar-refractivity contribution < 1.29 is 4.39 Å². The molecule has 0 saturated heterocycles. The van der Waals surface area contributed by atoms with Gasteiger partial charge in [0, 0.05) is 10.9 Å². The normalized spacial score (nSPS) is 12.4. The van der Waals surface area contributed by atoms with Crippen molar-refractivity contribution >= 4 is 11.6 Å². The lowest BCUT2D eigenvalue weighted by molar-refractivity contribution is 0.619. The van der Waals surface area contributed by atoms with Crippen LogP contribution in [0.5, 0.6) is 0 Å². The summed E-state index contributed by atoms with van der Waals surface area (Å²) in [5.74, 6) is -0.107. The minimum Gasteiger partial charge on any atom is -0.330 e. The number of rotatable bonds is 4. The molecule has 2 aromatic rings. The first-order chi connectivity index (χ1) is 9.11. The number of hydrogen-bond acceptors (Lipinski definition) is 1. The van der Waals surface area contributed by atoms with Gasteiger partial charge in [-0.15, -0.1) is 0 Å². The van der Waals surface area contributed by atoms with Crippen LogP contribution in [0.15, 0.2) is 42.5 Å². The third-order valence-corrected chi connectivity index (χ3v) is 3.75. The summed E-state index contributed by atoms with van der Waals surface area (Å²) in [5, 5.41) is 0.715. The molecule has 0 bridgehead atoms. The van der Waals surface area contributed by atoms with E-state index in [4.69, 9.17) is 17.3 Å². The molecule has 1 nitrogen and oxygen atoms in total. The Hall–Kier alpha value is -1.38. The minimum absolute atomic E-state index is 0.106. The van der Waals surface area contributed by atoms with E-state index < -0.39 is 0 Å². The van der Waals surface area contributed by atoms with E-state index in [1.165, 1.54) is 6.07 Å². The summed E-state index contributed by atoms with van der Waals surface area (Å²) < 4.78 is 13.3. The van der Waals surface area contributed by atoms with Crippen LogP contribution in [0.3, 0.4) is 0 Å². The van der Waals surface area contributed by atoms with Crippen molar-refractivity contribution in [2.75, 3.05) is 6.54 Å². The zero-order valence-electron chi connectivity index (χ0n) is 10.9. The highest BCUT2D eigenvalue weighted by Gasteiger charge is 2.15. The molecular weight excluding hydrogens is 261 g/mol. The van der Waals surface area contributed by atoms with Crippen molar-refractivity contribution in [2.45, 2.75) is 19.3 Å². The Morgan fingerprint density at radius 1 is 1.21 bits per heavy atom. The molecule has 100 valence electrons. The predicted molar refractivity (Wildman–Crippen MR) is 78.1 cm³/mol. The predicted octanol–water partition coefficient (Wildman–Crippen LogP) is 4.07. The van der Waals surface area contributed by atoms with Gasteiger partial charge in [-0.2, -0.15) is 0 Å². The average molecular weight is 278 g/mol. The van der Waals surface area contributed by atoms with Gasteiger partial charge >= 0.3 is 0 Å². The highest BCUT2D eigenvalue weighted by Crippen LogP contribution is 2.27. The quantitative estimate of drug-likeness (QED) is 0.896. The van der Waals surface area contributed by atoms with Gasteiger partial charge in [-0.1, -0.05) is 35.9 Å². The second-order valence-electron chi connectivity index (χ2n) is 4.73. The van der Waals surface area contributed by atoms with Crippen LogP contribution in [0.2, 0.25) is 5.02 Å². The lowest BCUT2D eigenvalue weighted by atomic mass is 9.90. The highest BCUT2D eigenvalue weighted by molar-refractivity contribution is 6.31. The van der Waals surface area contributed by atoms with Crippen LogP contribution in [0.25, 0.3) is 0 Å². The molecule has 0 aliphatic carbocycles. The van der Waals surface area contributed by atoms with Crippen LogP contribution in [-0.2, 0) is 6.42 Å². The standard InChI is InChI=1S/C16H17ClFN/c1-11-6-7-14(18)9-12(11)8-13(10-19)15-4-2-3-5-16(15)17/h2-7,9,13H,8,10,19H2,1H3. The summed E-state index contributed by atoms with van der Waals surface area (Å²) in [6.07, 6.45) is 0.698. The molecule has 2 N–H and O–H groups in total. The van der Waals surface area contributed by atoms with E-state index in [0.717, 1.165) is 16.7 Å². The fraction of sp³-hybridized carbons (Fsp3) is 0.250. The van der Waals surface area contributed by atoms with Gasteiger partial charge in [0.15, 0.2) is 0 Å². The largest absolute Gasteiger partial charge is 0.330 e. The fourth-order valence-electron chi connectivity index (χ4n) is 2.25. The molecule has 1 unspecified atom stereocenters. The van der Waals surface area contributed by atoms with E-state index in [9.17, 15) is 4.39 Å². The lowest BCUT2D eigenvalue weighted by Gasteiger charge is -2.18. The van der Waals surface area contributed by atoms with Gasteiger partial charge < -0.3 is 5.73 Å². The minimum atomic E-state index is -0.212.